The van der Waals surface area contributed by atoms with Crippen molar-refractivity contribution in [2.75, 3.05) is 18.5 Å². The topological polar surface area (TPSA) is 21.3 Å². The minimum Gasteiger partial charge on any atom is -0.489 e. The quantitative estimate of drug-likeness (QED) is 0.824. The second-order valence-electron chi connectivity index (χ2n) is 4.16. The van der Waals surface area contributed by atoms with Gasteiger partial charge in [0.1, 0.15) is 6.61 Å². The molecule has 0 heterocycles. The molecule has 0 aliphatic rings. The highest BCUT2D eigenvalue weighted by Crippen LogP contribution is 2.21. The van der Waals surface area contributed by atoms with E-state index in [0.29, 0.717) is 17.6 Å². The Morgan fingerprint density at radius 2 is 2.00 bits per heavy atom. The van der Waals surface area contributed by atoms with E-state index >= 15 is 0 Å². The Hall–Kier alpha value is -1.55. The number of hydrogen-bond donors (Lipinski definition) is 1. The first-order chi connectivity index (χ1) is 9.16. The highest BCUT2D eigenvalue weighted by atomic mass is 79.9. The highest BCUT2D eigenvalue weighted by Gasteiger charge is 2.03. The summed E-state index contributed by atoms with van der Waals surface area (Å²) >= 11 is 3.21. The maximum Gasteiger partial charge on any atom is 0.166 e. The van der Waals surface area contributed by atoms with Crippen LogP contribution in [0.5, 0.6) is 5.75 Å². The van der Waals surface area contributed by atoms with Gasteiger partial charge < -0.3 is 10.1 Å². The Labute approximate surface area is 120 Å². The van der Waals surface area contributed by atoms with Crippen molar-refractivity contribution < 1.29 is 9.13 Å². The van der Waals surface area contributed by atoms with Gasteiger partial charge in [0, 0.05) is 16.7 Å². The van der Waals surface area contributed by atoms with Crippen molar-refractivity contribution in [3.05, 3.63) is 58.3 Å². The van der Waals surface area contributed by atoms with Crippen molar-refractivity contribution in [3.8, 4) is 5.75 Å². The van der Waals surface area contributed by atoms with Gasteiger partial charge in [0.15, 0.2) is 11.6 Å². The fourth-order valence-electron chi connectivity index (χ4n) is 1.71. The van der Waals surface area contributed by atoms with E-state index in [1.54, 1.807) is 12.1 Å². The van der Waals surface area contributed by atoms with E-state index in [1.807, 2.05) is 31.2 Å². The summed E-state index contributed by atoms with van der Waals surface area (Å²) in [7, 11) is 0. The first kappa shape index (κ1) is 13.9. The summed E-state index contributed by atoms with van der Waals surface area (Å²) in [5, 5.41) is 3.26. The molecule has 4 heteroatoms. The maximum absolute atomic E-state index is 13.5. The van der Waals surface area contributed by atoms with Gasteiger partial charge >= 0.3 is 0 Å². The van der Waals surface area contributed by atoms with Crippen LogP contribution in [0.3, 0.4) is 0 Å². The SMILES string of the molecule is Cc1ccccc1NCCOc1ccc(Br)cc1F. The van der Waals surface area contributed by atoms with E-state index in [2.05, 4.69) is 21.2 Å². The predicted octanol–water partition coefficient (Wildman–Crippen LogP) is 4.39. The summed E-state index contributed by atoms with van der Waals surface area (Å²) in [4.78, 5) is 0. The number of anilines is 1. The molecule has 0 atom stereocenters. The predicted molar refractivity (Wildman–Crippen MR) is 79.3 cm³/mol. The zero-order valence-corrected chi connectivity index (χ0v) is 12.2. The van der Waals surface area contributed by atoms with E-state index in [-0.39, 0.29) is 11.6 Å². The number of halogens is 2. The van der Waals surface area contributed by atoms with Gasteiger partial charge in [-0.2, -0.15) is 0 Å². The van der Waals surface area contributed by atoms with Crippen LogP contribution in [0.15, 0.2) is 46.9 Å². The summed E-state index contributed by atoms with van der Waals surface area (Å²) in [5.74, 6) is -0.0833. The number of aryl methyl sites for hydroxylation is 1. The van der Waals surface area contributed by atoms with Gasteiger partial charge in [-0.3, -0.25) is 0 Å². The maximum atomic E-state index is 13.5. The molecule has 0 bridgehead atoms. The van der Waals surface area contributed by atoms with Crippen LogP contribution in [-0.4, -0.2) is 13.2 Å². The second-order valence-corrected chi connectivity index (χ2v) is 5.08. The smallest absolute Gasteiger partial charge is 0.166 e. The number of nitrogens with one attached hydrogen (secondary N) is 1. The van der Waals surface area contributed by atoms with Gasteiger partial charge in [-0.25, -0.2) is 4.39 Å². The number of para-hydroxylation sites is 1. The lowest BCUT2D eigenvalue weighted by Crippen LogP contribution is -2.12. The van der Waals surface area contributed by atoms with Crippen molar-refractivity contribution in [1.29, 1.82) is 0 Å². The van der Waals surface area contributed by atoms with Crippen LogP contribution in [0.25, 0.3) is 0 Å². The molecule has 1 N–H and O–H groups in total. The Bertz CT molecular complexity index is 560. The Morgan fingerprint density at radius 3 is 2.74 bits per heavy atom. The molecule has 2 rings (SSSR count). The van der Waals surface area contributed by atoms with Crippen LogP contribution < -0.4 is 10.1 Å². The molecule has 0 amide bonds. The van der Waals surface area contributed by atoms with Crippen LogP contribution in [-0.2, 0) is 0 Å². The van der Waals surface area contributed by atoms with Crippen molar-refractivity contribution >= 4 is 21.6 Å². The summed E-state index contributed by atoms with van der Waals surface area (Å²) in [6.07, 6.45) is 0. The summed E-state index contributed by atoms with van der Waals surface area (Å²) < 4.78 is 19.6. The fourth-order valence-corrected chi connectivity index (χ4v) is 2.04. The average molecular weight is 324 g/mol. The van der Waals surface area contributed by atoms with Crippen molar-refractivity contribution in [2.24, 2.45) is 0 Å². The van der Waals surface area contributed by atoms with Gasteiger partial charge in [-0.05, 0) is 36.8 Å². The number of hydrogen-bond acceptors (Lipinski definition) is 2. The third kappa shape index (κ3) is 3.96. The largest absolute Gasteiger partial charge is 0.489 e. The van der Waals surface area contributed by atoms with Crippen LogP contribution in [0.4, 0.5) is 10.1 Å². The molecule has 100 valence electrons. The second kappa shape index (κ2) is 6.57. The highest BCUT2D eigenvalue weighted by molar-refractivity contribution is 9.10. The van der Waals surface area contributed by atoms with Crippen molar-refractivity contribution in [2.45, 2.75) is 6.92 Å². The molecule has 0 fully saturated rings. The molecule has 19 heavy (non-hydrogen) atoms. The average Bonchev–Trinajstić information content (AvgIpc) is 2.38. The molecule has 0 unspecified atom stereocenters. The van der Waals surface area contributed by atoms with Crippen LogP contribution in [0.1, 0.15) is 5.56 Å². The van der Waals surface area contributed by atoms with E-state index in [1.165, 1.54) is 11.6 Å². The first-order valence-electron chi connectivity index (χ1n) is 6.04. The molecule has 0 aliphatic heterocycles. The lowest BCUT2D eigenvalue weighted by molar-refractivity contribution is 0.315. The molecule has 0 aromatic heterocycles. The van der Waals surface area contributed by atoms with Crippen LogP contribution in [0, 0.1) is 12.7 Å². The molecule has 0 radical (unpaired) electrons. The molecule has 0 aliphatic carbocycles. The van der Waals surface area contributed by atoms with Gasteiger partial charge in [-0.1, -0.05) is 34.1 Å². The summed E-state index contributed by atoms with van der Waals surface area (Å²) in [6, 6.07) is 12.8. The minimum atomic E-state index is -0.356. The third-order valence-corrected chi connectivity index (χ3v) is 3.21. The summed E-state index contributed by atoms with van der Waals surface area (Å²) in [5.41, 5.74) is 2.25. The minimum absolute atomic E-state index is 0.273. The molecule has 2 aromatic rings. The monoisotopic (exact) mass is 323 g/mol. The third-order valence-electron chi connectivity index (χ3n) is 2.71. The zero-order chi connectivity index (χ0) is 13.7. The summed E-state index contributed by atoms with van der Waals surface area (Å²) in [6.45, 7) is 3.07. The fraction of sp³-hybridized carbons (Fsp3) is 0.200. The molecule has 2 nitrogen and oxygen atoms in total. The van der Waals surface area contributed by atoms with Gasteiger partial charge in [-0.15, -0.1) is 0 Å². The molecule has 0 saturated heterocycles. The molecular weight excluding hydrogens is 309 g/mol. The first-order valence-corrected chi connectivity index (χ1v) is 6.83. The Kier molecular flexibility index (Phi) is 4.80. The number of benzene rings is 2. The Balaban J connectivity index is 1.83. The van der Waals surface area contributed by atoms with E-state index in [4.69, 9.17) is 4.74 Å². The number of ether oxygens (including phenoxy) is 1. The standard InChI is InChI=1S/C15H15BrFNO/c1-11-4-2-3-5-14(11)18-8-9-19-15-7-6-12(16)10-13(15)17/h2-7,10,18H,8-9H2,1H3. The zero-order valence-electron chi connectivity index (χ0n) is 10.6. The lowest BCUT2D eigenvalue weighted by atomic mass is 10.2. The van der Waals surface area contributed by atoms with Crippen molar-refractivity contribution in [1.82, 2.24) is 0 Å². The lowest BCUT2D eigenvalue weighted by Gasteiger charge is -2.11. The van der Waals surface area contributed by atoms with E-state index < -0.39 is 0 Å². The van der Waals surface area contributed by atoms with Crippen LogP contribution >= 0.6 is 15.9 Å². The number of rotatable bonds is 5. The molecule has 0 spiro atoms. The normalized spacial score (nSPS) is 10.3. The van der Waals surface area contributed by atoms with Gasteiger partial charge in [0.2, 0.25) is 0 Å². The van der Waals surface area contributed by atoms with E-state index in [9.17, 15) is 4.39 Å². The Morgan fingerprint density at radius 1 is 1.21 bits per heavy atom. The van der Waals surface area contributed by atoms with Crippen molar-refractivity contribution in [3.63, 3.8) is 0 Å². The van der Waals surface area contributed by atoms with Gasteiger partial charge in [0.25, 0.3) is 0 Å². The molecular formula is C15H15BrFNO. The van der Waals surface area contributed by atoms with Crippen LogP contribution in [0.2, 0.25) is 0 Å². The van der Waals surface area contributed by atoms with E-state index in [0.717, 1.165) is 5.69 Å². The van der Waals surface area contributed by atoms with Gasteiger partial charge in [0.05, 0.1) is 0 Å². The molecule has 2 aromatic carbocycles. The molecule has 0 saturated carbocycles.